The largest absolute Gasteiger partial charge is 2.00 e. The quantitative estimate of drug-likeness (QED) is 0.0724. The molecule has 0 bridgehead atoms. The molecule has 12 rings (SSSR count). The van der Waals surface area contributed by atoms with E-state index in [2.05, 4.69) is 226 Å². The van der Waals surface area contributed by atoms with Crippen molar-refractivity contribution >= 4 is 64.9 Å². The van der Waals surface area contributed by atoms with E-state index in [0.717, 1.165) is 66.9 Å². The summed E-state index contributed by atoms with van der Waals surface area (Å²) in [6, 6.07) is 82.6. The molecule has 0 spiro atoms. The minimum atomic E-state index is -1.94. The minimum absolute atomic E-state index is 0. The number of hydrogen-bond acceptors (Lipinski definition) is 4. The van der Waals surface area contributed by atoms with Crippen molar-refractivity contribution in [2.75, 3.05) is 0 Å². The molecule has 0 fully saturated rings. The third kappa shape index (κ3) is 11.2. The van der Waals surface area contributed by atoms with Crippen molar-refractivity contribution in [1.29, 1.82) is 0 Å². The van der Waals surface area contributed by atoms with E-state index in [1.807, 2.05) is 97.6 Å². The minimum Gasteiger partial charge on any atom is -0.281 e. The summed E-state index contributed by atoms with van der Waals surface area (Å²) in [5.74, 6) is 0. The SMILES string of the molecule is Cc1ccccc1[P+](c1ccccc1)(c1ccccc1)c1ccccc1.[B-](c1cn[nH]c1-c1ccccc1)c1cn[nH]c1-c1ccccc1.[B-](c1cn[nH]c1-c1ccccc1)c1cn[nH]c1-c1ccccc1.[Ni+2]. The summed E-state index contributed by atoms with van der Waals surface area (Å²) in [5, 5.41) is 34.7. The van der Waals surface area contributed by atoms with Crippen molar-refractivity contribution in [3.05, 3.63) is 267 Å². The Bertz CT molecular complexity index is 3140. The van der Waals surface area contributed by atoms with Gasteiger partial charge in [0.05, 0.1) is 0 Å². The topological polar surface area (TPSA) is 115 Å². The van der Waals surface area contributed by atoms with Crippen LogP contribution in [0.2, 0.25) is 0 Å². The smallest absolute Gasteiger partial charge is 0.281 e. The molecule has 0 atom stereocenters. The molecule has 4 aromatic heterocycles. The van der Waals surface area contributed by atoms with E-state index in [0.29, 0.717) is 0 Å². The molecule has 0 saturated carbocycles. The van der Waals surface area contributed by atoms with Crippen LogP contribution in [0, 0.1) is 6.92 Å². The standard InChI is InChI=1S/C25H22P.2C18H14BN4.Ni/c1-21-13-11-12-20-25(21)26(22-14-5-2-6-15-22,23-16-7-3-8-17-23)24-18-9-4-10-19-24;2*1-3-7-13(8-4-1)17-15(11-20-22-17)19-16-12-21-23-18(16)14-9-5-2-6-10-14;/h2-20H,1H3;2*1-12H,(H,20,22)(H,21,23);/q+1;2*-1;+2. The molecular weight excluding hydrogens is 956 g/mol. The molecule has 0 aliphatic rings. The normalized spacial score (nSPS) is 10.8. The molecule has 4 radical (unpaired) electrons. The van der Waals surface area contributed by atoms with Crippen LogP contribution in [0.15, 0.2) is 261 Å². The zero-order chi connectivity index (χ0) is 48.8. The Morgan fingerprint density at radius 1 is 0.301 bits per heavy atom. The van der Waals surface area contributed by atoms with Crippen molar-refractivity contribution in [2.24, 2.45) is 0 Å². The van der Waals surface area contributed by atoms with Crippen LogP contribution in [0.25, 0.3) is 45.0 Å². The van der Waals surface area contributed by atoms with Gasteiger partial charge >= 0.3 is 16.5 Å². The number of H-pyrrole nitrogens is 4. The van der Waals surface area contributed by atoms with Gasteiger partial charge in [0.2, 0.25) is 0 Å². The van der Waals surface area contributed by atoms with Crippen molar-refractivity contribution < 1.29 is 16.5 Å². The van der Waals surface area contributed by atoms with Gasteiger partial charge in [0.1, 0.15) is 28.5 Å². The Balaban J connectivity index is 0.000000134. The van der Waals surface area contributed by atoms with Crippen molar-refractivity contribution in [3.8, 4) is 45.0 Å². The number of rotatable bonds is 12. The molecule has 0 aliphatic heterocycles. The van der Waals surface area contributed by atoms with Crippen LogP contribution in [-0.4, -0.2) is 55.3 Å². The maximum absolute atomic E-state index is 4.19. The molecule has 0 amide bonds. The molecule has 0 saturated heterocycles. The summed E-state index contributed by atoms with van der Waals surface area (Å²) in [5.41, 5.74) is 14.0. The number of benzene rings is 8. The fourth-order valence-corrected chi connectivity index (χ4v) is 13.6. The number of nitrogens with one attached hydrogen (secondary N) is 4. The Labute approximate surface area is 438 Å². The van der Waals surface area contributed by atoms with E-state index in [9.17, 15) is 0 Å². The molecule has 4 N–H and O–H groups in total. The fraction of sp³-hybridized carbons (Fsp3) is 0.0164. The second-order valence-electron chi connectivity index (χ2n) is 17.0. The van der Waals surface area contributed by atoms with Crippen LogP contribution in [-0.2, 0) is 16.5 Å². The summed E-state index contributed by atoms with van der Waals surface area (Å²) in [6.45, 7) is 2.24. The van der Waals surface area contributed by atoms with Gasteiger partial charge in [0.15, 0.2) is 0 Å². The van der Waals surface area contributed by atoms with Gasteiger partial charge in [0, 0.05) is 47.6 Å². The molecule has 73 heavy (non-hydrogen) atoms. The van der Waals surface area contributed by atoms with Gasteiger partial charge in [-0.25, -0.2) is 36.4 Å². The van der Waals surface area contributed by atoms with Gasteiger partial charge in [0.25, 0.3) is 0 Å². The molecule has 12 heteroatoms. The maximum atomic E-state index is 4.19. The van der Waals surface area contributed by atoms with Crippen LogP contribution < -0.4 is 43.1 Å². The molecule has 0 unspecified atom stereocenters. The average molecular weight is 1010 g/mol. The van der Waals surface area contributed by atoms with Crippen LogP contribution in [0.5, 0.6) is 0 Å². The third-order valence-corrected chi connectivity index (χ3v) is 16.9. The van der Waals surface area contributed by atoms with Crippen molar-refractivity contribution in [1.82, 2.24) is 40.8 Å². The Kier molecular flexibility index (Phi) is 16.4. The second kappa shape index (κ2) is 24.2. The van der Waals surface area contributed by atoms with Crippen molar-refractivity contribution in [3.63, 3.8) is 0 Å². The summed E-state index contributed by atoms with van der Waals surface area (Å²) in [7, 11) is 2.25. The van der Waals surface area contributed by atoms with Gasteiger partial charge < -0.3 is 0 Å². The zero-order valence-corrected chi connectivity index (χ0v) is 41.9. The van der Waals surface area contributed by atoms with E-state index in [1.54, 1.807) is 0 Å². The number of aryl methyl sites for hydroxylation is 1. The van der Waals surface area contributed by atoms with Gasteiger partial charge in [-0.3, -0.25) is 20.4 Å². The number of aromatic amines is 4. The first-order chi connectivity index (χ1) is 35.7. The van der Waals surface area contributed by atoms with Gasteiger partial charge in [-0.05, 0) is 77.2 Å². The number of hydrogen-bond donors (Lipinski definition) is 4. The Morgan fingerprint density at radius 3 is 0.795 bits per heavy atom. The predicted molar refractivity (Wildman–Crippen MR) is 302 cm³/mol. The molecule has 8 nitrogen and oxygen atoms in total. The van der Waals surface area contributed by atoms with E-state index in [-0.39, 0.29) is 16.5 Å². The van der Waals surface area contributed by atoms with Crippen molar-refractivity contribution in [2.45, 2.75) is 6.92 Å². The average Bonchev–Trinajstić information content (AvgIpc) is 4.32. The molecule has 0 aliphatic carbocycles. The summed E-state index contributed by atoms with van der Waals surface area (Å²) in [4.78, 5) is 0. The predicted octanol–water partition coefficient (Wildman–Crippen LogP) is 8.86. The molecule has 8 aromatic carbocycles. The summed E-state index contributed by atoms with van der Waals surface area (Å²) in [6.07, 6.45) is 7.35. The van der Waals surface area contributed by atoms with Gasteiger partial charge in [-0.1, -0.05) is 194 Å². The van der Waals surface area contributed by atoms with Gasteiger partial charge in [-0.15, -0.1) is 0 Å². The van der Waals surface area contributed by atoms with Gasteiger partial charge in [-0.2, -0.15) is 20.4 Å². The molecule has 12 aromatic rings. The second-order valence-corrected chi connectivity index (χ2v) is 20.4. The first kappa shape index (κ1) is 49.6. The zero-order valence-electron chi connectivity index (χ0n) is 40.0. The van der Waals surface area contributed by atoms with Crippen LogP contribution in [0.3, 0.4) is 0 Å². The van der Waals surface area contributed by atoms with Crippen LogP contribution in [0.1, 0.15) is 5.56 Å². The maximum Gasteiger partial charge on any atom is 2.00 e. The molecule has 354 valence electrons. The molecular formula is C61H50B2N8NiP+. The Morgan fingerprint density at radius 2 is 0.534 bits per heavy atom. The van der Waals surface area contributed by atoms with E-state index < -0.39 is 7.26 Å². The molecule has 4 heterocycles. The fourth-order valence-electron chi connectivity index (χ4n) is 9.06. The van der Waals surface area contributed by atoms with E-state index >= 15 is 0 Å². The van der Waals surface area contributed by atoms with E-state index in [4.69, 9.17) is 0 Å². The number of nitrogens with zero attached hydrogens (tertiary/aromatic N) is 4. The van der Waals surface area contributed by atoms with E-state index in [1.165, 1.54) is 26.8 Å². The van der Waals surface area contributed by atoms with Crippen LogP contribution in [0.4, 0.5) is 0 Å². The first-order valence-electron chi connectivity index (χ1n) is 23.8. The summed E-state index contributed by atoms with van der Waals surface area (Å²) < 4.78 is 0. The third-order valence-electron chi connectivity index (χ3n) is 12.5. The Hall–Kier alpha value is -8.35. The monoisotopic (exact) mass is 1010 g/mol. The summed E-state index contributed by atoms with van der Waals surface area (Å²) >= 11 is 0. The number of aromatic nitrogens is 8. The van der Waals surface area contributed by atoms with Crippen LogP contribution >= 0.6 is 7.26 Å². The first-order valence-corrected chi connectivity index (χ1v) is 25.6.